The van der Waals surface area contributed by atoms with Crippen LogP contribution in [0.3, 0.4) is 0 Å². The van der Waals surface area contributed by atoms with E-state index in [0.29, 0.717) is 17.4 Å². The Kier molecular flexibility index (Phi) is 9.80. The second kappa shape index (κ2) is 13.3. The smallest absolute Gasteiger partial charge is 0.248 e. The van der Waals surface area contributed by atoms with Gasteiger partial charge in [0.25, 0.3) is 0 Å². The first-order chi connectivity index (χ1) is 18.3. The molecule has 0 aliphatic carbocycles. The van der Waals surface area contributed by atoms with E-state index in [-0.39, 0.29) is 0 Å². The number of carbonyl (C=O) groups is 1. The van der Waals surface area contributed by atoms with Gasteiger partial charge in [-0.2, -0.15) is 0 Å². The molecule has 206 valence electrons. The highest BCUT2D eigenvalue weighted by atomic mass is 16.1. The molecule has 7 heteroatoms. The number of carbonyl (C=O) groups excluding carboxylic acids is 1. The summed E-state index contributed by atoms with van der Waals surface area (Å²) in [6.07, 6.45) is 5.07. The van der Waals surface area contributed by atoms with E-state index in [0.717, 1.165) is 56.3 Å². The van der Waals surface area contributed by atoms with E-state index in [9.17, 15) is 4.79 Å². The van der Waals surface area contributed by atoms with Gasteiger partial charge in [0.15, 0.2) is 0 Å². The van der Waals surface area contributed by atoms with Gasteiger partial charge in [-0.15, -0.1) is 0 Å². The second-order valence-corrected chi connectivity index (χ2v) is 11.7. The molecule has 0 unspecified atom stereocenters. The Bertz CT molecular complexity index is 1170. The summed E-state index contributed by atoms with van der Waals surface area (Å²) in [5.41, 5.74) is 10.3. The number of amides is 1. The summed E-state index contributed by atoms with van der Waals surface area (Å²) in [5.74, 6) is 1.69. The molecular formula is C31H46N6O. The SMILES string of the molecule is CC(C)CN(Cc1ccc2nc(Nc3ccc(C(N)=O)cc3)n(CCCN3CCCCC3)c2c1)CC(C)C. The monoisotopic (exact) mass is 518 g/mol. The summed E-state index contributed by atoms with van der Waals surface area (Å²) in [6, 6.07) is 14.0. The maximum atomic E-state index is 11.5. The molecular weight excluding hydrogens is 472 g/mol. The number of fused-ring (bicyclic) bond motifs is 1. The van der Waals surface area contributed by atoms with Crippen molar-refractivity contribution in [1.29, 1.82) is 0 Å². The highest BCUT2D eigenvalue weighted by Crippen LogP contribution is 2.26. The summed E-state index contributed by atoms with van der Waals surface area (Å²) in [4.78, 5) is 21.6. The first kappa shape index (κ1) is 28.1. The Labute approximate surface area is 228 Å². The Hall–Kier alpha value is -2.90. The average Bonchev–Trinajstić information content (AvgIpc) is 3.20. The average molecular weight is 519 g/mol. The van der Waals surface area contributed by atoms with Crippen LogP contribution in [0.25, 0.3) is 11.0 Å². The van der Waals surface area contributed by atoms with Crippen molar-refractivity contribution in [3.8, 4) is 0 Å². The van der Waals surface area contributed by atoms with Crippen LogP contribution in [0.2, 0.25) is 0 Å². The summed E-state index contributed by atoms with van der Waals surface area (Å²) < 4.78 is 2.33. The Balaban J connectivity index is 1.59. The number of hydrogen-bond acceptors (Lipinski definition) is 5. The fourth-order valence-electron chi connectivity index (χ4n) is 5.57. The summed E-state index contributed by atoms with van der Waals surface area (Å²) >= 11 is 0. The zero-order valence-electron chi connectivity index (χ0n) is 23.7. The normalized spacial score (nSPS) is 14.7. The molecule has 0 spiro atoms. The molecule has 1 fully saturated rings. The van der Waals surface area contributed by atoms with E-state index in [4.69, 9.17) is 10.7 Å². The summed E-state index contributed by atoms with van der Waals surface area (Å²) in [7, 11) is 0. The number of nitrogens with one attached hydrogen (secondary N) is 1. The Morgan fingerprint density at radius 2 is 1.66 bits per heavy atom. The molecule has 1 aliphatic heterocycles. The van der Waals surface area contributed by atoms with Gasteiger partial charge in [0.05, 0.1) is 11.0 Å². The zero-order valence-corrected chi connectivity index (χ0v) is 23.7. The molecule has 7 nitrogen and oxygen atoms in total. The fraction of sp³-hybridized carbons (Fsp3) is 0.548. The standard InChI is InChI=1S/C31H46N6O/c1-23(2)20-36(21-24(3)4)22-25-9-14-28-29(19-25)37(18-8-17-35-15-6-5-7-16-35)31(34-28)33-27-12-10-26(11-13-27)30(32)38/h9-14,19,23-24H,5-8,15-18,20-22H2,1-4H3,(H2,32,38)(H,33,34). The summed E-state index contributed by atoms with van der Waals surface area (Å²) in [5, 5.41) is 3.50. The van der Waals surface area contributed by atoms with E-state index in [1.54, 1.807) is 12.1 Å². The molecule has 0 saturated carbocycles. The molecule has 0 radical (unpaired) electrons. The van der Waals surface area contributed by atoms with Gasteiger partial charge >= 0.3 is 0 Å². The lowest BCUT2D eigenvalue weighted by atomic mass is 10.1. The van der Waals surface area contributed by atoms with Crippen LogP contribution in [0, 0.1) is 11.8 Å². The number of benzene rings is 2. The van der Waals surface area contributed by atoms with Crippen molar-refractivity contribution in [3.05, 3.63) is 53.6 Å². The molecule has 38 heavy (non-hydrogen) atoms. The van der Waals surface area contributed by atoms with Gasteiger partial charge in [0.2, 0.25) is 11.9 Å². The summed E-state index contributed by atoms with van der Waals surface area (Å²) in [6.45, 7) is 16.8. The van der Waals surface area contributed by atoms with Gasteiger partial charge < -0.3 is 20.5 Å². The van der Waals surface area contributed by atoms with E-state index >= 15 is 0 Å². The number of hydrogen-bond donors (Lipinski definition) is 2. The van der Waals surface area contributed by atoms with Crippen LogP contribution >= 0.6 is 0 Å². The zero-order chi connectivity index (χ0) is 27.1. The number of anilines is 2. The van der Waals surface area contributed by atoms with E-state index in [1.165, 1.54) is 43.4 Å². The number of rotatable bonds is 13. The molecule has 4 rings (SSSR count). The number of imidazole rings is 1. The lowest BCUT2D eigenvalue weighted by molar-refractivity contribution is 0.100. The number of primary amides is 1. The van der Waals surface area contributed by atoms with E-state index < -0.39 is 5.91 Å². The second-order valence-electron chi connectivity index (χ2n) is 11.7. The maximum Gasteiger partial charge on any atom is 0.248 e. The van der Waals surface area contributed by atoms with Crippen LogP contribution in [0.5, 0.6) is 0 Å². The molecule has 3 aromatic rings. The van der Waals surface area contributed by atoms with Crippen molar-refractivity contribution < 1.29 is 4.79 Å². The number of likely N-dealkylation sites (tertiary alicyclic amines) is 1. The van der Waals surface area contributed by atoms with Gasteiger partial charge in [0.1, 0.15) is 0 Å². The number of aryl methyl sites for hydroxylation is 1. The minimum absolute atomic E-state index is 0.419. The Morgan fingerprint density at radius 3 is 2.29 bits per heavy atom. The third-order valence-corrected chi connectivity index (χ3v) is 7.20. The highest BCUT2D eigenvalue weighted by molar-refractivity contribution is 5.93. The maximum absolute atomic E-state index is 11.5. The molecule has 1 amide bonds. The first-order valence-corrected chi connectivity index (χ1v) is 14.4. The van der Waals surface area contributed by atoms with Crippen molar-refractivity contribution in [2.75, 3.05) is 38.0 Å². The molecule has 3 N–H and O–H groups in total. The highest BCUT2D eigenvalue weighted by Gasteiger charge is 2.16. The van der Waals surface area contributed by atoms with Crippen LogP contribution in [-0.4, -0.2) is 58.0 Å². The van der Waals surface area contributed by atoms with Crippen LogP contribution in [0.15, 0.2) is 42.5 Å². The van der Waals surface area contributed by atoms with Gasteiger partial charge in [-0.05, 0) is 92.7 Å². The van der Waals surface area contributed by atoms with E-state index in [1.807, 2.05) is 12.1 Å². The topological polar surface area (TPSA) is 79.4 Å². The number of aromatic nitrogens is 2. The van der Waals surface area contributed by atoms with Crippen LogP contribution in [-0.2, 0) is 13.1 Å². The minimum atomic E-state index is -0.419. The van der Waals surface area contributed by atoms with Crippen LogP contribution in [0.4, 0.5) is 11.6 Å². The molecule has 0 atom stereocenters. The molecule has 1 saturated heterocycles. The predicted octanol–water partition coefficient (Wildman–Crippen LogP) is 5.87. The van der Waals surface area contributed by atoms with Crippen molar-refractivity contribution in [1.82, 2.24) is 19.4 Å². The van der Waals surface area contributed by atoms with Crippen LogP contribution in [0.1, 0.15) is 69.3 Å². The van der Waals surface area contributed by atoms with Gasteiger partial charge in [0, 0.05) is 37.4 Å². The van der Waals surface area contributed by atoms with Gasteiger partial charge in [-0.1, -0.05) is 40.2 Å². The van der Waals surface area contributed by atoms with Gasteiger partial charge in [-0.25, -0.2) is 4.98 Å². The third kappa shape index (κ3) is 7.81. The molecule has 0 bridgehead atoms. The molecule has 1 aliphatic rings. The minimum Gasteiger partial charge on any atom is -0.366 e. The number of nitrogens with two attached hydrogens (primary N) is 1. The van der Waals surface area contributed by atoms with Crippen molar-refractivity contribution in [2.45, 2.75) is 66.5 Å². The van der Waals surface area contributed by atoms with Gasteiger partial charge in [-0.3, -0.25) is 9.69 Å². The van der Waals surface area contributed by atoms with Crippen LogP contribution < -0.4 is 11.1 Å². The molecule has 2 heterocycles. The predicted molar refractivity (Wildman–Crippen MR) is 158 cm³/mol. The lowest BCUT2D eigenvalue weighted by Crippen LogP contribution is -2.31. The lowest BCUT2D eigenvalue weighted by Gasteiger charge is -2.26. The number of nitrogens with zero attached hydrogens (tertiary/aromatic N) is 4. The Morgan fingerprint density at radius 1 is 0.974 bits per heavy atom. The third-order valence-electron chi connectivity index (χ3n) is 7.20. The fourth-order valence-corrected chi connectivity index (χ4v) is 5.57. The molecule has 1 aromatic heterocycles. The first-order valence-electron chi connectivity index (χ1n) is 14.4. The number of piperidine rings is 1. The van der Waals surface area contributed by atoms with Crippen molar-refractivity contribution >= 4 is 28.6 Å². The van der Waals surface area contributed by atoms with E-state index in [2.05, 4.69) is 65.6 Å². The van der Waals surface area contributed by atoms with Crippen molar-refractivity contribution in [2.24, 2.45) is 17.6 Å². The quantitative estimate of drug-likeness (QED) is 0.296. The largest absolute Gasteiger partial charge is 0.366 e. The van der Waals surface area contributed by atoms with Crippen molar-refractivity contribution in [3.63, 3.8) is 0 Å². The molecule has 2 aromatic carbocycles.